The first-order chi connectivity index (χ1) is 7.88. The zero-order chi connectivity index (χ0) is 13.2. The largest absolute Gasteiger partial charge is 0.455 e. The van der Waals surface area contributed by atoms with E-state index in [0.29, 0.717) is 0 Å². The van der Waals surface area contributed by atoms with Crippen molar-refractivity contribution in [2.75, 3.05) is 6.61 Å². The van der Waals surface area contributed by atoms with E-state index in [1.165, 1.54) is 6.92 Å². The lowest BCUT2D eigenvalue weighted by Gasteiger charge is -2.39. The van der Waals surface area contributed by atoms with E-state index >= 15 is 0 Å². The van der Waals surface area contributed by atoms with E-state index in [2.05, 4.69) is 0 Å². The van der Waals surface area contributed by atoms with Crippen LogP contribution in [0.25, 0.3) is 0 Å². The summed E-state index contributed by atoms with van der Waals surface area (Å²) in [7, 11) is 0. The number of aliphatic hydroxyl groups excluding tert-OH is 4. The van der Waals surface area contributed by atoms with Crippen LogP contribution in [0.1, 0.15) is 6.92 Å². The summed E-state index contributed by atoms with van der Waals surface area (Å²) in [5.74, 6) is -0.834. The number of rotatable bonds is 3. The van der Waals surface area contributed by atoms with E-state index in [1.54, 1.807) is 0 Å². The first-order valence-corrected chi connectivity index (χ1v) is 5.15. The van der Waals surface area contributed by atoms with Gasteiger partial charge in [-0.1, -0.05) is 0 Å². The second-order valence-corrected chi connectivity index (χ2v) is 3.92. The molecule has 1 saturated heterocycles. The van der Waals surface area contributed by atoms with Crippen LogP contribution in [-0.2, 0) is 14.3 Å². The Labute approximate surface area is 97.6 Å². The third-order valence-electron chi connectivity index (χ3n) is 2.46. The van der Waals surface area contributed by atoms with Gasteiger partial charge in [0, 0.05) is 0 Å². The van der Waals surface area contributed by atoms with Crippen molar-refractivity contribution in [3.63, 3.8) is 0 Å². The van der Waals surface area contributed by atoms with Crippen molar-refractivity contribution in [1.82, 2.24) is 0 Å². The molecule has 100 valence electrons. The third-order valence-corrected chi connectivity index (χ3v) is 2.46. The first kappa shape index (κ1) is 14.3. The Bertz CT molecular complexity index is 272. The number of ether oxygens (including phenoxy) is 2. The molecule has 0 radical (unpaired) electrons. The highest BCUT2D eigenvalue weighted by molar-refractivity contribution is 5.75. The fourth-order valence-corrected chi connectivity index (χ4v) is 1.45. The number of carbonyl (C=O) groups is 1. The Balaban J connectivity index is 2.75. The van der Waals surface area contributed by atoms with Gasteiger partial charge in [0.1, 0.15) is 24.4 Å². The molecule has 1 aliphatic rings. The fourth-order valence-electron chi connectivity index (χ4n) is 1.45. The van der Waals surface area contributed by atoms with Crippen LogP contribution in [0.2, 0.25) is 0 Å². The summed E-state index contributed by atoms with van der Waals surface area (Å²) in [4.78, 5) is 11.2. The Morgan fingerprint density at radius 2 is 2.00 bits per heavy atom. The molecule has 0 aromatic heterocycles. The predicted molar refractivity (Wildman–Crippen MR) is 53.5 cm³/mol. The van der Waals surface area contributed by atoms with Crippen molar-refractivity contribution >= 4 is 5.97 Å². The Morgan fingerprint density at radius 3 is 2.47 bits per heavy atom. The molecule has 6 N–H and O–H groups in total. The molecule has 8 heteroatoms. The van der Waals surface area contributed by atoms with Crippen LogP contribution in [0, 0.1) is 0 Å². The van der Waals surface area contributed by atoms with Gasteiger partial charge in [-0.3, -0.25) is 4.79 Å². The lowest BCUT2D eigenvalue weighted by molar-refractivity contribution is -0.290. The van der Waals surface area contributed by atoms with E-state index in [1.807, 2.05) is 0 Å². The van der Waals surface area contributed by atoms with Crippen LogP contribution in [0.5, 0.6) is 0 Å². The molecule has 0 unspecified atom stereocenters. The third kappa shape index (κ3) is 3.12. The Morgan fingerprint density at radius 1 is 1.41 bits per heavy atom. The maximum absolute atomic E-state index is 11.2. The maximum Gasteiger partial charge on any atom is 0.323 e. The van der Waals surface area contributed by atoms with Crippen LogP contribution in [-0.4, -0.2) is 69.8 Å². The number of aliphatic hydroxyl groups is 4. The molecular weight excluding hydrogens is 234 g/mol. The molecule has 0 aromatic carbocycles. The SMILES string of the molecule is C[C@H](N)C(=O)O[C@@H]1[C@@H](O)[C@H](O)O[C@H](CO)[C@H]1O. The van der Waals surface area contributed by atoms with E-state index in [-0.39, 0.29) is 0 Å². The van der Waals surface area contributed by atoms with Gasteiger partial charge in [-0.2, -0.15) is 0 Å². The molecule has 0 spiro atoms. The van der Waals surface area contributed by atoms with Gasteiger partial charge in [0.15, 0.2) is 12.4 Å². The quantitative estimate of drug-likeness (QED) is 0.328. The molecule has 0 amide bonds. The molecule has 0 aromatic rings. The summed E-state index contributed by atoms with van der Waals surface area (Å²) in [6.45, 7) is 0.789. The highest BCUT2D eigenvalue weighted by Crippen LogP contribution is 2.22. The summed E-state index contributed by atoms with van der Waals surface area (Å²) in [5, 5.41) is 37.4. The summed E-state index contributed by atoms with van der Waals surface area (Å²) < 4.78 is 9.48. The van der Waals surface area contributed by atoms with Gasteiger partial charge in [-0.15, -0.1) is 0 Å². The lowest BCUT2D eigenvalue weighted by atomic mass is 9.99. The van der Waals surface area contributed by atoms with Crippen LogP contribution in [0.4, 0.5) is 0 Å². The van der Waals surface area contributed by atoms with Gasteiger partial charge < -0.3 is 35.6 Å². The topological polar surface area (TPSA) is 142 Å². The van der Waals surface area contributed by atoms with Crippen molar-refractivity contribution in [2.24, 2.45) is 5.73 Å². The van der Waals surface area contributed by atoms with Gasteiger partial charge in [0.25, 0.3) is 0 Å². The van der Waals surface area contributed by atoms with Gasteiger partial charge in [0.05, 0.1) is 6.61 Å². The minimum Gasteiger partial charge on any atom is -0.455 e. The molecule has 0 bridgehead atoms. The van der Waals surface area contributed by atoms with Crippen LogP contribution < -0.4 is 5.73 Å². The number of nitrogens with two attached hydrogens (primary N) is 1. The molecule has 0 saturated carbocycles. The monoisotopic (exact) mass is 251 g/mol. The molecule has 1 fully saturated rings. The average molecular weight is 251 g/mol. The minimum absolute atomic E-state index is 0.586. The molecule has 1 heterocycles. The van der Waals surface area contributed by atoms with E-state index in [9.17, 15) is 20.1 Å². The van der Waals surface area contributed by atoms with Crippen molar-refractivity contribution in [3.8, 4) is 0 Å². The molecule has 8 nitrogen and oxygen atoms in total. The molecule has 6 atom stereocenters. The van der Waals surface area contributed by atoms with Crippen molar-refractivity contribution in [3.05, 3.63) is 0 Å². The standard InChI is InChI=1S/C9H17NO7/c1-3(10)8(14)17-7-5(12)4(2-11)16-9(15)6(7)13/h3-7,9,11-13,15H,2,10H2,1H3/t3-,4+,5+,6+,7-,9+/m0/s1. The fraction of sp³-hybridized carbons (Fsp3) is 0.889. The van der Waals surface area contributed by atoms with E-state index in [0.717, 1.165) is 0 Å². The molecule has 1 aliphatic heterocycles. The Hall–Kier alpha value is -0.770. The zero-order valence-electron chi connectivity index (χ0n) is 9.26. The zero-order valence-corrected chi connectivity index (χ0v) is 9.26. The van der Waals surface area contributed by atoms with Crippen molar-refractivity contribution in [1.29, 1.82) is 0 Å². The molecular formula is C9H17NO7. The summed E-state index contributed by atoms with van der Waals surface area (Å²) in [6, 6.07) is -0.929. The number of esters is 1. The van der Waals surface area contributed by atoms with Gasteiger partial charge >= 0.3 is 5.97 Å². The van der Waals surface area contributed by atoms with E-state index < -0.39 is 49.3 Å². The molecule has 0 aliphatic carbocycles. The first-order valence-electron chi connectivity index (χ1n) is 5.15. The molecule has 17 heavy (non-hydrogen) atoms. The van der Waals surface area contributed by atoms with Crippen molar-refractivity contribution < 1.29 is 34.7 Å². The number of carbonyl (C=O) groups excluding carboxylic acids is 1. The predicted octanol–water partition coefficient (Wildman–Crippen LogP) is -3.32. The highest BCUT2D eigenvalue weighted by atomic mass is 16.7. The summed E-state index contributed by atoms with van der Waals surface area (Å²) >= 11 is 0. The minimum atomic E-state index is -1.65. The van der Waals surface area contributed by atoms with E-state index in [4.69, 9.17) is 20.3 Å². The number of hydrogen-bond donors (Lipinski definition) is 5. The van der Waals surface area contributed by atoms with Crippen LogP contribution in [0.3, 0.4) is 0 Å². The second kappa shape index (κ2) is 5.71. The molecule has 1 rings (SSSR count). The second-order valence-electron chi connectivity index (χ2n) is 3.92. The lowest BCUT2D eigenvalue weighted by Crippen LogP contribution is -2.60. The Kier molecular flexibility index (Phi) is 4.80. The summed E-state index contributed by atoms with van der Waals surface area (Å²) in [6.07, 6.45) is -7.23. The van der Waals surface area contributed by atoms with Gasteiger partial charge in [-0.25, -0.2) is 0 Å². The smallest absolute Gasteiger partial charge is 0.323 e. The average Bonchev–Trinajstić information content (AvgIpc) is 2.28. The summed E-state index contributed by atoms with van der Waals surface area (Å²) in [5.41, 5.74) is 5.26. The van der Waals surface area contributed by atoms with Gasteiger partial charge in [0.2, 0.25) is 0 Å². The van der Waals surface area contributed by atoms with Crippen molar-refractivity contribution in [2.45, 2.75) is 43.7 Å². The van der Waals surface area contributed by atoms with Gasteiger partial charge in [-0.05, 0) is 6.92 Å². The highest BCUT2D eigenvalue weighted by Gasteiger charge is 2.46. The van der Waals surface area contributed by atoms with Crippen LogP contribution >= 0.6 is 0 Å². The maximum atomic E-state index is 11.2. The number of hydrogen-bond acceptors (Lipinski definition) is 8. The normalized spacial score (nSPS) is 39.8. The van der Waals surface area contributed by atoms with Crippen LogP contribution in [0.15, 0.2) is 0 Å².